The molecule has 1 unspecified atom stereocenters. The first kappa shape index (κ1) is 17.2. The largest absolute Gasteiger partial charge is 0.433 e. The summed E-state index contributed by atoms with van der Waals surface area (Å²) in [6.45, 7) is -0.291. The van der Waals surface area contributed by atoms with E-state index in [0.717, 1.165) is 24.8 Å². The van der Waals surface area contributed by atoms with Crippen LogP contribution in [0.25, 0.3) is 0 Å². The summed E-state index contributed by atoms with van der Waals surface area (Å²) in [6.07, 6.45) is 5.99. The van der Waals surface area contributed by atoms with Crippen molar-refractivity contribution in [2.24, 2.45) is 11.3 Å². The van der Waals surface area contributed by atoms with Crippen LogP contribution < -0.4 is 4.74 Å². The summed E-state index contributed by atoms with van der Waals surface area (Å²) in [5, 5.41) is 1.63. The molecule has 0 radical (unpaired) electrons. The molecule has 25 heavy (non-hydrogen) atoms. The van der Waals surface area contributed by atoms with E-state index in [9.17, 15) is 13.6 Å². The lowest BCUT2D eigenvalue weighted by atomic mass is 9.90. The lowest BCUT2D eigenvalue weighted by Crippen LogP contribution is -2.40. The molecule has 0 bridgehead atoms. The van der Waals surface area contributed by atoms with E-state index in [2.05, 4.69) is 16.7 Å². The summed E-state index contributed by atoms with van der Waals surface area (Å²) in [6, 6.07) is 2.24. The Hall–Kier alpha value is -1.21. The maximum Gasteiger partial charge on any atom is 0.387 e. The van der Waals surface area contributed by atoms with Crippen molar-refractivity contribution in [3.63, 3.8) is 0 Å². The van der Waals surface area contributed by atoms with Gasteiger partial charge in [-0.2, -0.15) is 8.78 Å². The number of amides is 1. The second kappa shape index (κ2) is 6.50. The number of rotatable bonds is 6. The Morgan fingerprint density at radius 1 is 1.44 bits per heavy atom. The predicted molar refractivity (Wildman–Crippen MR) is 92.3 cm³/mol. The second-order valence-electron chi connectivity index (χ2n) is 7.72. The van der Waals surface area contributed by atoms with Crippen LogP contribution in [0, 0.1) is 11.3 Å². The maximum absolute atomic E-state index is 12.7. The van der Waals surface area contributed by atoms with Crippen LogP contribution in [0.3, 0.4) is 0 Å². The predicted octanol–water partition coefficient (Wildman–Crippen LogP) is 3.69. The van der Waals surface area contributed by atoms with Crippen LogP contribution in [0.4, 0.5) is 8.78 Å². The molecule has 0 N–H and O–H groups in total. The molecule has 1 aromatic rings. The average molecular weight is 370 g/mol. The minimum Gasteiger partial charge on any atom is -0.433 e. The van der Waals surface area contributed by atoms with Crippen LogP contribution in [0.5, 0.6) is 5.75 Å². The quantitative estimate of drug-likeness (QED) is 0.766. The SMILES string of the molecule is CN(CC1CC12CCN(C(=O)c1sccc1OC(F)F)CC2)C1CC1. The van der Waals surface area contributed by atoms with Crippen molar-refractivity contribution in [3.8, 4) is 5.75 Å². The Bertz CT molecular complexity index is 639. The topological polar surface area (TPSA) is 32.8 Å². The number of hydrogen-bond acceptors (Lipinski definition) is 4. The van der Waals surface area contributed by atoms with Crippen molar-refractivity contribution in [1.29, 1.82) is 0 Å². The molecule has 0 aromatic carbocycles. The third-order valence-corrected chi connectivity index (χ3v) is 7.01. The fourth-order valence-corrected chi connectivity index (χ4v) is 5.05. The highest BCUT2D eigenvalue weighted by Crippen LogP contribution is 2.60. The minimum atomic E-state index is -2.90. The maximum atomic E-state index is 12.7. The Morgan fingerprint density at radius 3 is 2.80 bits per heavy atom. The molecule has 1 saturated heterocycles. The monoisotopic (exact) mass is 370 g/mol. The third kappa shape index (κ3) is 3.53. The minimum absolute atomic E-state index is 0.000596. The Kier molecular flexibility index (Phi) is 4.48. The molecule has 3 aliphatic rings. The smallest absolute Gasteiger partial charge is 0.387 e. The van der Waals surface area contributed by atoms with Gasteiger partial charge in [0, 0.05) is 25.7 Å². The molecule has 1 amide bonds. The number of nitrogens with zero attached hydrogens (tertiary/aromatic N) is 2. The van der Waals surface area contributed by atoms with Crippen molar-refractivity contribution in [2.45, 2.75) is 44.8 Å². The number of thiophene rings is 1. The Labute approximate surface area is 150 Å². The average Bonchev–Trinajstić information content (AvgIpc) is 3.48. The van der Waals surface area contributed by atoms with Gasteiger partial charge in [-0.15, -0.1) is 11.3 Å². The van der Waals surface area contributed by atoms with E-state index in [1.165, 1.54) is 43.2 Å². The molecule has 2 saturated carbocycles. The zero-order valence-electron chi connectivity index (χ0n) is 14.4. The first-order valence-corrected chi connectivity index (χ1v) is 9.88. The molecule has 4 rings (SSSR count). The molecule has 1 aromatic heterocycles. The van der Waals surface area contributed by atoms with Crippen molar-refractivity contribution >= 4 is 17.2 Å². The van der Waals surface area contributed by atoms with E-state index in [0.29, 0.717) is 18.5 Å². The van der Waals surface area contributed by atoms with Gasteiger partial charge in [0.1, 0.15) is 10.6 Å². The first-order chi connectivity index (χ1) is 12.0. The summed E-state index contributed by atoms with van der Waals surface area (Å²) < 4.78 is 29.4. The standard InChI is InChI=1S/C18H24F2N2O2S/c1-21(13-2-3-13)11-12-10-18(12)5-7-22(8-6-18)16(23)15-14(4-9-25-15)24-17(19)20/h4,9,12-13,17H,2-3,5-8,10-11H2,1H3. The van der Waals surface area contributed by atoms with Crippen molar-refractivity contribution in [3.05, 3.63) is 16.3 Å². The van der Waals surface area contributed by atoms with Gasteiger partial charge >= 0.3 is 6.61 Å². The van der Waals surface area contributed by atoms with Gasteiger partial charge in [-0.1, -0.05) is 0 Å². The highest BCUT2D eigenvalue weighted by Gasteiger charge is 2.55. The van der Waals surface area contributed by atoms with Gasteiger partial charge in [0.2, 0.25) is 0 Å². The zero-order chi connectivity index (χ0) is 17.6. The van der Waals surface area contributed by atoms with Crippen LogP contribution in [0.2, 0.25) is 0 Å². The number of ether oxygens (including phenoxy) is 1. The number of halogens is 2. The fraction of sp³-hybridized carbons (Fsp3) is 0.722. The van der Waals surface area contributed by atoms with Crippen LogP contribution in [-0.4, -0.2) is 55.0 Å². The number of alkyl halides is 2. The molecule has 138 valence electrons. The van der Waals surface area contributed by atoms with Gasteiger partial charge in [-0.05, 0) is 61.9 Å². The van der Waals surface area contributed by atoms with Crippen LogP contribution in [0.1, 0.15) is 41.8 Å². The van der Waals surface area contributed by atoms with Gasteiger partial charge in [0.25, 0.3) is 5.91 Å². The van der Waals surface area contributed by atoms with E-state index >= 15 is 0 Å². The van der Waals surface area contributed by atoms with E-state index in [4.69, 9.17) is 0 Å². The number of carbonyl (C=O) groups is 1. The second-order valence-corrected chi connectivity index (χ2v) is 8.63. The molecular formula is C18H24F2N2O2S. The third-order valence-electron chi connectivity index (χ3n) is 6.12. The van der Waals surface area contributed by atoms with E-state index in [-0.39, 0.29) is 16.5 Å². The van der Waals surface area contributed by atoms with Gasteiger partial charge in [-0.3, -0.25) is 4.79 Å². The summed E-state index contributed by atoms with van der Waals surface area (Å²) in [5.74, 6) is 0.586. The van der Waals surface area contributed by atoms with Crippen LogP contribution >= 0.6 is 11.3 Å². The molecule has 1 aliphatic heterocycles. The van der Waals surface area contributed by atoms with Crippen LogP contribution in [0.15, 0.2) is 11.4 Å². The number of likely N-dealkylation sites (tertiary alicyclic amines) is 1. The van der Waals surface area contributed by atoms with Crippen molar-refractivity contribution in [1.82, 2.24) is 9.80 Å². The molecular weight excluding hydrogens is 346 g/mol. The highest BCUT2D eigenvalue weighted by molar-refractivity contribution is 7.12. The number of hydrogen-bond donors (Lipinski definition) is 0. The Morgan fingerprint density at radius 2 is 2.16 bits per heavy atom. The number of carbonyl (C=O) groups excluding carboxylic acids is 1. The Balaban J connectivity index is 1.32. The summed E-state index contributed by atoms with van der Waals surface area (Å²) in [7, 11) is 2.23. The lowest BCUT2D eigenvalue weighted by molar-refractivity contribution is -0.0499. The van der Waals surface area contributed by atoms with E-state index in [1.54, 1.807) is 10.3 Å². The van der Waals surface area contributed by atoms with Gasteiger partial charge in [-0.25, -0.2) is 0 Å². The van der Waals surface area contributed by atoms with Crippen molar-refractivity contribution < 1.29 is 18.3 Å². The van der Waals surface area contributed by atoms with E-state index < -0.39 is 6.61 Å². The summed E-state index contributed by atoms with van der Waals surface area (Å²) >= 11 is 1.17. The fourth-order valence-electron chi connectivity index (χ4n) is 4.26. The molecule has 2 heterocycles. The zero-order valence-corrected chi connectivity index (χ0v) is 15.2. The van der Waals surface area contributed by atoms with Gasteiger partial charge in [0.15, 0.2) is 0 Å². The van der Waals surface area contributed by atoms with Crippen molar-refractivity contribution in [2.75, 3.05) is 26.7 Å². The van der Waals surface area contributed by atoms with Gasteiger partial charge in [0.05, 0.1) is 0 Å². The molecule has 2 aliphatic carbocycles. The molecule has 1 atom stereocenters. The molecule has 7 heteroatoms. The highest BCUT2D eigenvalue weighted by atomic mass is 32.1. The molecule has 3 fully saturated rings. The van der Waals surface area contributed by atoms with Crippen LogP contribution in [-0.2, 0) is 0 Å². The number of piperidine rings is 1. The normalized spacial score (nSPS) is 25.0. The molecule has 1 spiro atoms. The summed E-state index contributed by atoms with van der Waals surface area (Å²) in [5.41, 5.74) is 0.414. The summed E-state index contributed by atoms with van der Waals surface area (Å²) in [4.78, 5) is 17.2. The lowest BCUT2D eigenvalue weighted by Gasteiger charge is -2.33. The van der Waals surface area contributed by atoms with Gasteiger partial charge < -0.3 is 14.5 Å². The molecule has 4 nitrogen and oxygen atoms in total. The first-order valence-electron chi connectivity index (χ1n) is 9.00. The van der Waals surface area contributed by atoms with E-state index in [1.807, 2.05) is 0 Å².